The quantitative estimate of drug-likeness (QED) is 0.789. The number of carbonyl (C=O) groups excluding carboxylic acids is 1. The Kier molecular flexibility index (Phi) is 4.52. The average Bonchev–Trinajstić information content (AvgIpc) is 2.74. The molecule has 1 saturated heterocycles. The summed E-state index contributed by atoms with van der Waals surface area (Å²) in [6.07, 6.45) is 4.42. The highest BCUT2D eigenvalue weighted by Gasteiger charge is 2.39. The summed E-state index contributed by atoms with van der Waals surface area (Å²) in [5.41, 5.74) is 0.121. The van der Waals surface area contributed by atoms with Gasteiger partial charge in [0.15, 0.2) is 0 Å². The predicted octanol–water partition coefficient (Wildman–Crippen LogP) is 0.977. The molecule has 0 aromatic carbocycles. The van der Waals surface area contributed by atoms with Crippen LogP contribution in [0.5, 0.6) is 0 Å². The first-order valence-corrected chi connectivity index (χ1v) is 7.35. The molecule has 6 heteroatoms. The summed E-state index contributed by atoms with van der Waals surface area (Å²) in [7, 11) is 4.12. The van der Waals surface area contributed by atoms with Gasteiger partial charge in [-0.25, -0.2) is 4.79 Å². The first kappa shape index (κ1) is 15.1. The molecule has 0 spiro atoms. The van der Waals surface area contributed by atoms with E-state index in [2.05, 4.69) is 24.3 Å². The normalized spacial score (nSPS) is 24.6. The lowest BCUT2D eigenvalue weighted by atomic mass is 9.75. The van der Waals surface area contributed by atoms with Gasteiger partial charge in [-0.15, -0.1) is 0 Å². The lowest BCUT2D eigenvalue weighted by Gasteiger charge is -2.47. The number of hydrogen-bond donors (Lipinski definition) is 2. The third kappa shape index (κ3) is 3.23. The summed E-state index contributed by atoms with van der Waals surface area (Å²) >= 11 is 0. The number of nitrogens with one attached hydrogen (secondary N) is 1. The molecule has 1 aliphatic heterocycles. The van der Waals surface area contributed by atoms with E-state index in [9.17, 15) is 9.59 Å². The fraction of sp³-hybridized carbons (Fsp3) is 0.857. The van der Waals surface area contributed by atoms with Crippen LogP contribution < -0.4 is 5.32 Å². The number of likely N-dealkylation sites (tertiary alicyclic amines) is 1. The number of amides is 2. The predicted molar refractivity (Wildman–Crippen MR) is 75.6 cm³/mol. The second-order valence-electron chi connectivity index (χ2n) is 6.33. The molecule has 1 heterocycles. The molecule has 1 saturated carbocycles. The highest BCUT2D eigenvalue weighted by atomic mass is 16.4. The summed E-state index contributed by atoms with van der Waals surface area (Å²) in [4.78, 5) is 26.8. The number of aliphatic carboxylic acids is 1. The first-order valence-electron chi connectivity index (χ1n) is 7.35. The van der Waals surface area contributed by atoms with Crippen molar-refractivity contribution >= 4 is 12.0 Å². The van der Waals surface area contributed by atoms with Crippen molar-refractivity contribution in [2.75, 3.05) is 33.7 Å². The standard InChI is InChI=1S/C14H25N3O3/c1-16(2)14(5-3-6-14)10-15-13(20)17-7-4-11(9-17)8-12(18)19/h11H,3-10H2,1-2H3,(H,15,20)(H,18,19). The summed E-state index contributed by atoms with van der Waals surface area (Å²) < 4.78 is 0. The van der Waals surface area contributed by atoms with Crippen molar-refractivity contribution in [2.24, 2.45) is 5.92 Å². The molecule has 0 bridgehead atoms. The van der Waals surface area contributed by atoms with E-state index in [1.165, 1.54) is 6.42 Å². The minimum absolute atomic E-state index is 0.0500. The Morgan fingerprint density at radius 2 is 2.10 bits per heavy atom. The Balaban J connectivity index is 1.77. The summed E-state index contributed by atoms with van der Waals surface area (Å²) in [6, 6.07) is -0.0500. The third-order valence-electron chi connectivity index (χ3n) is 4.84. The van der Waals surface area contributed by atoms with E-state index in [1.54, 1.807) is 4.90 Å². The van der Waals surface area contributed by atoms with Crippen LogP contribution in [0, 0.1) is 5.92 Å². The van der Waals surface area contributed by atoms with Gasteiger partial charge in [0.25, 0.3) is 0 Å². The Hall–Kier alpha value is -1.30. The molecule has 1 unspecified atom stereocenters. The van der Waals surface area contributed by atoms with Crippen molar-refractivity contribution < 1.29 is 14.7 Å². The molecule has 2 amide bonds. The molecule has 1 atom stereocenters. The maximum atomic E-state index is 12.1. The zero-order valence-electron chi connectivity index (χ0n) is 12.4. The molecule has 2 rings (SSSR count). The van der Waals surface area contributed by atoms with Gasteiger partial charge < -0.3 is 20.2 Å². The van der Waals surface area contributed by atoms with Crippen molar-refractivity contribution in [1.82, 2.24) is 15.1 Å². The highest BCUT2D eigenvalue weighted by molar-refractivity contribution is 5.75. The van der Waals surface area contributed by atoms with E-state index < -0.39 is 5.97 Å². The van der Waals surface area contributed by atoms with E-state index in [0.29, 0.717) is 19.6 Å². The monoisotopic (exact) mass is 283 g/mol. The average molecular weight is 283 g/mol. The smallest absolute Gasteiger partial charge is 0.317 e. The van der Waals surface area contributed by atoms with Gasteiger partial charge >= 0.3 is 12.0 Å². The highest BCUT2D eigenvalue weighted by Crippen LogP contribution is 2.35. The van der Waals surface area contributed by atoms with Gasteiger partial charge in [0.2, 0.25) is 0 Å². The molecule has 2 aliphatic rings. The fourth-order valence-corrected chi connectivity index (χ4v) is 3.15. The number of nitrogens with zero attached hydrogens (tertiary/aromatic N) is 2. The van der Waals surface area contributed by atoms with Crippen LogP contribution in [0.25, 0.3) is 0 Å². The molecular formula is C14H25N3O3. The molecule has 0 aromatic rings. The molecule has 114 valence electrons. The second-order valence-corrected chi connectivity index (χ2v) is 6.33. The van der Waals surface area contributed by atoms with Crippen LogP contribution in [-0.2, 0) is 4.79 Å². The van der Waals surface area contributed by atoms with Crippen LogP contribution in [0.2, 0.25) is 0 Å². The molecular weight excluding hydrogens is 258 g/mol. The molecule has 0 aromatic heterocycles. The first-order chi connectivity index (χ1) is 9.43. The Morgan fingerprint density at radius 3 is 2.60 bits per heavy atom. The number of likely N-dealkylation sites (N-methyl/N-ethyl adjacent to an activating group) is 1. The van der Waals surface area contributed by atoms with Crippen LogP contribution in [0.3, 0.4) is 0 Å². The summed E-state index contributed by atoms with van der Waals surface area (Å²) in [5, 5.41) is 11.8. The van der Waals surface area contributed by atoms with Gasteiger partial charge in [0.1, 0.15) is 0 Å². The maximum absolute atomic E-state index is 12.1. The number of hydrogen-bond acceptors (Lipinski definition) is 3. The molecule has 20 heavy (non-hydrogen) atoms. The molecule has 6 nitrogen and oxygen atoms in total. The fourth-order valence-electron chi connectivity index (χ4n) is 3.15. The lowest BCUT2D eigenvalue weighted by Crippen LogP contribution is -2.58. The van der Waals surface area contributed by atoms with Crippen molar-refractivity contribution in [3.05, 3.63) is 0 Å². The van der Waals surface area contributed by atoms with E-state index in [4.69, 9.17) is 5.11 Å². The number of carboxylic acid groups (broad SMARTS) is 1. The molecule has 1 aliphatic carbocycles. The van der Waals surface area contributed by atoms with Crippen LogP contribution in [-0.4, -0.2) is 66.2 Å². The van der Waals surface area contributed by atoms with Crippen LogP contribution >= 0.6 is 0 Å². The van der Waals surface area contributed by atoms with Crippen molar-refractivity contribution in [3.63, 3.8) is 0 Å². The molecule has 0 radical (unpaired) electrons. The maximum Gasteiger partial charge on any atom is 0.317 e. The van der Waals surface area contributed by atoms with E-state index in [-0.39, 0.29) is 23.9 Å². The summed E-state index contributed by atoms with van der Waals surface area (Å²) in [6.45, 7) is 1.91. The second kappa shape index (κ2) is 5.99. The summed E-state index contributed by atoms with van der Waals surface area (Å²) in [5.74, 6) is -0.678. The number of carboxylic acids is 1. The minimum Gasteiger partial charge on any atom is -0.481 e. The van der Waals surface area contributed by atoms with Crippen LogP contribution in [0.1, 0.15) is 32.1 Å². The van der Waals surface area contributed by atoms with Crippen molar-refractivity contribution in [1.29, 1.82) is 0 Å². The molecule has 2 N–H and O–H groups in total. The van der Waals surface area contributed by atoms with Crippen LogP contribution in [0.15, 0.2) is 0 Å². The van der Waals surface area contributed by atoms with Crippen LogP contribution in [0.4, 0.5) is 4.79 Å². The Morgan fingerprint density at radius 1 is 1.40 bits per heavy atom. The zero-order chi connectivity index (χ0) is 14.8. The van der Waals surface area contributed by atoms with E-state index in [1.807, 2.05) is 0 Å². The van der Waals surface area contributed by atoms with Gasteiger partial charge in [-0.3, -0.25) is 4.79 Å². The van der Waals surface area contributed by atoms with E-state index >= 15 is 0 Å². The van der Waals surface area contributed by atoms with E-state index in [0.717, 1.165) is 19.3 Å². The number of rotatable bonds is 5. The zero-order valence-corrected chi connectivity index (χ0v) is 12.4. The van der Waals surface area contributed by atoms with Gasteiger partial charge in [0.05, 0.1) is 0 Å². The SMILES string of the molecule is CN(C)C1(CNC(=O)N2CCC(CC(=O)O)C2)CCC1. The van der Waals surface area contributed by atoms with Crippen molar-refractivity contribution in [2.45, 2.75) is 37.6 Å². The topological polar surface area (TPSA) is 72.9 Å². The Labute approximate surface area is 120 Å². The van der Waals surface area contributed by atoms with Gasteiger partial charge in [-0.1, -0.05) is 0 Å². The third-order valence-corrected chi connectivity index (χ3v) is 4.84. The largest absolute Gasteiger partial charge is 0.481 e. The lowest BCUT2D eigenvalue weighted by molar-refractivity contribution is -0.138. The Bertz CT molecular complexity index is 380. The number of urea groups is 1. The van der Waals surface area contributed by atoms with Gasteiger partial charge in [0, 0.05) is 31.6 Å². The van der Waals surface area contributed by atoms with Gasteiger partial charge in [-0.2, -0.15) is 0 Å². The van der Waals surface area contributed by atoms with Crippen molar-refractivity contribution in [3.8, 4) is 0 Å². The number of carbonyl (C=O) groups is 2. The minimum atomic E-state index is -0.779. The van der Waals surface area contributed by atoms with Gasteiger partial charge in [-0.05, 0) is 45.7 Å². The molecule has 2 fully saturated rings.